The first-order valence-corrected chi connectivity index (χ1v) is 3.08. The monoisotopic (exact) mass is 157 g/mol. The molecule has 0 aliphatic rings. The maximum absolute atomic E-state index is 12.6. The van der Waals surface area contributed by atoms with Gasteiger partial charge in [-0.3, -0.25) is 0 Å². The van der Waals surface area contributed by atoms with Gasteiger partial charge in [0.2, 0.25) is 0 Å². The van der Waals surface area contributed by atoms with Crippen molar-refractivity contribution < 1.29 is 13.9 Å². The molecule has 1 N–H and O–H groups in total. The van der Waals surface area contributed by atoms with Gasteiger partial charge >= 0.3 is 5.97 Å². The highest BCUT2D eigenvalue weighted by molar-refractivity contribution is 5.88. The predicted molar refractivity (Wildman–Crippen MR) is 36.8 cm³/mol. The van der Waals surface area contributed by atoms with Crippen molar-refractivity contribution in [3.8, 4) is 0 Å². The molecule has 0 saturated heterocycles. The number of hydrogen-bond acceptors (Lipinski definition) is 2. The van der Waals surface area contributed by atoms with E-state index in [2.05, 4.69) is 9.72 Å². The Morgan fingerprint density at radius 1 is 1.73 bits per heavy atom. The summed E-state index contributed by atoms with van der Waals surface area (Å²) < 4.78 is 17.0. The quantitative estimate of drug-likeness (QED) is 0.623. The highest BCUT2D eigenvalue weighted by Gasteiger charge is 2.13. The average Bonchev–Trinajstić information content (AvgIpc) is 2.32. The number of esters is 1. The zero-order valence-electron chi connectivity index (χ0n) is 6.27. The number of aromatic nitrogens is 1. The molecule has 0 bridgehead atoms. The molecule has 1 heterocycles. The fourth-order valence-electron chi connectivity index (χ4n) is 0.786. The number of aromatic amines is 1. The predicted octanol–water partition coefficient (Wildman–Crippen LogP) is 1.25. The molecule has 0 unspecified atom stereocenters. The van der Waals surface area contributed by atoms with E-state index in [1.807, 2.05) is 0 Å². The SMILES string of the molecule is COC(=O)c1[nH]cc(F)c1C. The molecule has 60 valence electrons. The molecule has 1 aromatic rings. The number of halogens is 1. The topological polar surface area (TPSA) is 42.1 Å². The van der Waals surface area contributed by atoms with E-state index in [1.165, 1.54) is 14.0 Å². The normalized spacial score (nSPS) is 9.73. The number of H-pyrrole nitrogens is 1. The number of methoxy groups -OCH3 is 1. The van der Waals surface area contributed by atoms with Gasteiger partial charge in [0.15, 0.2) is 0 Å². The molecule has 3 nitrogen and oxygen atoms in total. The Balaban J connectivity index is 3.04. The summed E-state index contributed by atoms with van der Waals surface area (Å²) >= 11 is 0. The van der Waals surface area contributed by atoms with Crippen LogP contribution < -0.4 is 0 Å². The first-order chi connectivity index (χ1) is 5.16. The smallest absolute Gasteiger partial charge is 0.354 e. The lowest BCUT2D eigenvalue weighted by atomic mass is 10.3. The minimum Gasteiger partial charge on any atom is -0.464 e. The molecule has 0 saturated carbocycles. The van der Waals surface area contributed by atoms with Gasteiger partial charge in [0, 0.05) is 11.8 Å². The standard InChI is InChI=1S/C7H8FNO2/c1-4-5(8)3-9-6(4)7(10)11-2/h3,9H,1-2H3. The van der Waals surface area contributed by atoms with E-state index in [-0.39, 0.29) is 11.3 Å². The molecule has 0 aromatic carbocycles. The van der Waals surface area contributed by atoms with Gasteiger partial charge in [0.05, 0.1) is 7.11 Å². The molecule has 4 heteroatoms. The highest BCUT2D eigenvalue weighted by atomic mass is 19.1. The number of ether oxygens (including phenoxy) is 1. The van der Waals surface area contributed by atoms with E-state index in [0.717, 1.165) is 6.20 Å². The van der Waals surface area contributed by atoms with Crippen molar-refractivity contribution in [2.24, 2.45) is 0 Å². The van der Waals surface area contributed by atoms with Gasteiger partial charge in [-0.05, 0) is 6.92 Å². The van der Waals surface area contributed by atoms with Crippen LogP contribution in [0.4, 0.5) is 4.39 Å². The fourth-order valence-corrected chi connectivity index (χ4v) is 0.786. The van der Waals surface area contributed by atoms with Crippen LogP contribution in [0, 0.1) is 12.7 Å². The number of hydrogen-bond donors (Lipinski definition) is 1. The van der Waals surface area contributed by atoms with Gasteiger partial charge in [-0.1, -0.05) is 0 Å². The molecule has 0 radical (unpaired) electrons. The third kappa shape index (κ3) is 1.24. The van der Waals surface area contributed by atoms with Crippen molar-refractivity contribution in [3.05, 3.63) is 23.3 Å². The molecule has 0 aliphatic carbocycles. The van der Waals surface area contributed by atoms with Crippen LogP contribution >= 0.6 is 0 Å². The Bertz CT molecular complexity index is 280. The summed E-state index contributed by atoms with van der Waals surface area (Å²) in [5, 5.41) is 0. The molecule has 0 aliphatic heterocycles. The van der Waals surface area contributed by atoms with E-state index in [4.69, 9.17) is 0 Å². The summed E-state index contributed by atoms with van der Waals surface area (Å²) in [6.07, 6.45) is 1.13. The minimum absolute atomic E-state index is 0.171. The van der Waals surface area contributed by atoms with Crippen molar-refractivity contribution >= 4 is 5.97 Å². The maximum Gasteiger partial charge on any atom is 0.354 e. The molecule has 1 rings (SSSR count). The molecule has 1 aromatic heterocycles. The number of nitrogens with one attached hydrogen (secondary N) is 1. The van der Waals surface area contributed by atoms with Crippen LogP contribution in [0.3, 0.4) is 0 Å². The first kappa shape index (κ1) is 7.78. The number of rotatable bonds is 1. The first-order valence-electron chi connectivity index (χ1n) is 3.08. The number of carbonyl (C=O) groups excluding carboxylic acids is 1. The third-order valence-corrected chi connectivity index (χ3v) is 1.47. The second-order valence-electron chi connectivity index (χ2n) is 2.13. The molecular weight excluding hydrogens is 149 g/mol. The van der Waals surface area contributed by atoms with Crippen molar-refractivity contribution in [1.29, 1.82) is 0 Å². The van der Waals surface area contributed by atoms with Crippen LogP contribution in [0.5, 0.6) is 0 Å². The molecule has 11 heavy (non-hydrogen) atoms. The van der Waals surface area contributed by atoms with E-state index in [0.29, 0.717) is 0 Å². The number of carbonyl (C=O) groups is 1. The third-order valence-electron chi connectivity index (χ3n) is 1.47. The zero-order chi connectivity index (χ0) is 8.43. The Kier molecular flexibility index (Phi) is 1.94. The molecule has 0 atom stereocenters. The van der Waals surface area contributed by atoms with E-state index in [9.17, 15) is 9.18 Å². The van der Waals surface area contributed by atoms with E-state index >= 15 is 0 Å². The van der Waals surface area contributed by atoms with Gasteiger partial charge in [0.25, 0.3) is 0 Å². The van der Waals surface area contributed by atoms with Crippen LogP contribution in [0.15, 0.2) is 6.20 Å². The second kappa shape index (κ2) is 2.74. The van der Waals surface area contributed by atoms with Gasteiger partial charge < -0.3 is 9.72 Å². The van der Waals surface area contributed by atoms with Gasteiger partial charge in [-0.15, -0.1) is 0 Å². The van der Waals surface area contributed by atoms with Crippen molar-refractivity contribution in [2.45, 2.75) is 6.92 Å². The highest BCUT2D eigenvalue weighted by Crippen LogP contribution is 2.10. The molecule has 0 fully saturated rings. The molecule has 0 spiro atoms. The lowest BCUT2D eigenvalue weighted by molar-refractivity contribution is 0.0594. The van der Waals surface area contributed by atoms with Crippen LogP contribution in [-0.4, -0.2) is 18.1 Å². The Morgan fingerprint density at radius 2 is 2.36 bits per heavy atom. The molecular formula is C7H8FNO2. The summed E-state index contributed by atoms with van der Waals surface area (Å²) in [7, 11) is 1.25. The summed E-state index contributed by atoms with van der Waals surface area (Å²) in [6.45, 7) is 1.51. The lowest BCUT2D eigenvalue weighted by Crippen LogP contribution is -2.03. The Labute approximate surface area is 63.2 Å². The summed E-state index contributed by atoms with van der Waals surface area (Å²) in [4.78, 5) is 13.3. The van der Waals surface area contributed by atoms with Crippen molar-refractivity contribution in [2.75, 3.05) is 7.11 Å². The fraction of sp³-hybridized carbons (Fsp3) is 0.286. The summed E-state index contributed by atoms with van der Waals surface area (Å²) in [5.74, 6) is -0.975. The van der Waals surface area contributed by atoms with E-state index in [1.54, 1.807) is 0 Å². The summed E-state index contributed by atoms with van der Waals surface area (Å²) in [6, 6.07) is 0. The minimum atomic E-state index is -0.550. The van der Waals surface area contributed by atoms with Crippen molar-refractivity contribution in [1.82, 2.24) is 4.98 Å². The van der Waals surface area contributed by atoms with E-state index < -0.39 is 11.8 Å². The Morgan fingerprint density at radius 3 is 2.73 bits per heavy atom. The zero-order valence-corrected chi connectivity index (χ0v) is 6.27. The maximum atomic E-state index is 12.6. The van der Waals surface area contributed by atoms with Crippen LogP contribution in [0.25, 0.3) is 0 Å². The van der Waals surface area contributed by atoms with Crippen LogP contribution in [0.1, 0.15) is 16.1 Å². The largest absolute Gasteiger partial charge is 0.464 e. The second-order valence-corrected chi connectivity index (χ2v) is 2.13. The Hall–Kier alpha value is -1.32. The van der Waals surface area contributed by atoms with Gasteiger partial charge in [0.1, 0.15) is 11.5 Å². The lowest BCUT2D eigenvalue weighted by Gasteiger charge is -1.95. The van der Waals surface area contributed by atoms with Gasteiger partial charge in [-0.25, -0.2) is 9.18 Å². The molecule has 0 amide bonds. The van der Waals surface area contributed by atoms with Crippen LogP contribution in [0.2, 0.25) is 0 Å². The van der Waals surface area contributed by atoms with Crippen LogP contribution in [-0.2, 0) is 4.74 Å². The summed E-state index contributed by atoms with van der Waals surface area (Å²) in [5.41, 5.74) is 0.460. The average molecular weight is 157 g/mol. The van der Waals surface area contributed by atoms with Gasteiger partial charge in [-0.2, -0.15) is 0 Å². The van der Waals surface area contributed by atoms with Crippen molar-refractivity contribution in [3.63, 3.8) is 0 Å².